The van der Waals surface area contributed by atoms with Gasteiger partial charge in [-0.1, -0.05) is 212 Å². The van der Waals surface area contributed by atoms with Crippen LogP contribution >= 0.6 is 0 Å². The van der Waals surface area contributed by atoms with Crippen LogP contribution in [0.3, 0.4) is 0 Å². The summed E-state index contributed by atoms with van der Waals surface area (Å²) in [6.45, 7) is 0. The maximum absolute atomic E-state index is 2.55. The van der Waals surface area contributed by atoms with Crippen LogP contribution in [0, 0.1) is 0 Å². The van der Waals surface area contributed by atoms with Crippen molar-refractivity contribution < 1.29 is 0 Å². The standard InChI is InChI=1S/C62H42/c1-4-17-40(18-5-1)60(45-33-34-52-51-27-14-15-30-58(51)62(59(52)39-45,46-21-6-2-7-22-46)47-23-8-3-9-24-47)44-32-31-43-37-57-56(54(43)38-44)36-42-20-11-13-26-49(42)61(57)53-29-16-28-50-48-25-12-10-19-41(48)35-55(50)53/h1-34,36,38-39,60H,35,37H2. The molecule has 0 saturated carbocycles. The molecule has 1 atom stereocenters. The lowest BCUT2D eigenvalue weighted by molar-refractivity contribution is 0.765. The van der Waals surface area contributed by atoms with Crippen LogP contribution < -0.4 is 0 Å². The van der Waals surface area contributed by atoms with Crippen LogP contribution in [0.5, 0.6) is 0 Å². The molecule has 0 fully saturated rings. The van der Waals surface area contributed by atoms with Crippen molar-refractivity contribution in [2.24, 2.45) is 0 Å². The Hall–Kier alpha value is -7.54. The molecular weight excluding hydrogens is 745 g/mol. The molecule has 0 heteroatoms. The van der Waals surface area contributed by atoms with Gasteiger partial charge in [-0.3, -0.25) is 0 Å². The summed E-state index contributed by atoms with van der Waals surface area (Å²) in [5.41, 5.74) is 25.3. The Morgan fingerprint density at radius 3 is 1.71 bits per heavy atom. The van der Waals surface area contributed by atoms with E-state index in [2.05, 4.69) is 224 Å². The fourth-order valence-electron chi connectivity index (χ4n) is 11.7. The molecule has 0 N–H and O–H groups in total. The zero-order valence-electron chi connectivity index (χ0n) is 34.4. The van der Waals surface area contributed by atoms with E-state index < -0.39 is 5.41 Å². The van der Waals surface area contributed by atoms with Crippen molar-refractivity contribution >= 4 is 10.8 Å². The second-order valence-electron chi connectivity index (χ2n) is 17.4. The molecule has 62 heavy (non-hydrogen) atoms. The summed E-state index contributed by atoms with van der Waals surface area (Å²) in [5.74, 6) is 0.0274. The highest BCUT2D eigenvalue weighted by atomic mass is 14.5. The quantitative estimate of drug-likeness (QED) is 0.147. The van der Waals surface area contributed by atoms with Gasteiger partial charge in [0, 0.05) is 5.92 Å². The van der Waals surface area contributed by atoms with Crippen molar-refractivity contribution in [1.82, 2.24) is 0 Å². The molecule has 10 aromatic carbocycles. The lowest BCUT2D eigenvalue weighted by Crippen LogP contribution is -2.28. The maximum Gasteiger partial charge on any atom is 0.0713 e. The van der Waals surface area contributed by atoms with E-state index in [1.807, 2.05) is 0 Å². The Kier molecular flexibility index (Phi) is 7.81. The summed E-state index contributed by atoms with van der Waals surface area (Å²) in [4.78, 5) is 0. The molecule has 0 aliphatic heterocycles. The van der Waals surface area contributed by atoms with E-state index in [1.54, 1.807) is 0 Å². The summed E-state index contributed by atoms with van der Waals surface area (Å²) in [6.07, 6.45) is 1.89. The fraction of sp³-hybridized carbons (Fsp3) is 0.0645. The average Bonchev–Trinajstić information content (AvgIpc) is 4.00. The molecule has 0 amide bonds. The van der Waals surface area contributed by atoms with Gasteiger partial charge in [-0.15, -0.1) is 0 Å². The third kappa shape index (κ3) is 5.07. The van der Waals surface area contributed by atoms with Crippen molar-refractivity contribution in [3.63, 3.8) is 0 Å². The topological polar surface area (TPSA) is 0 Å². The van der Waals surface area contributed by atoms with E-state index in [0.29, 0.717) is 0 Å². The monoisotopic (exact) mass is 786 g/mol. The molecule has 1 unspecified atom stereocenters. The largest absolute Gasteiger partial charge is 0.0713 e. The van der Waals surface area contributed by atoms with E-state index >= 15 is 0 Å². The molecule has 10 aromatic rings. The first-order chi connectivity index (χ1) is 30.8. The second-order valence-corrected chi connectivity index (χ2v) is 17.4. The predicted octanol–water partition coefficient (Wildman–Crippen LogP) is 15.2. The van der Waals surface area contributed by atoms with Crippen LogP contribution in [0.15, 0.2) is 224 Å². The van der Waals surface area contributed by atoms with E-state index in [4.69, 9.17) is 0 Å². The smallest absolute Gasteiger partial charge is 0.0622 e. The molecule has 290 valence electrons. The number of benzene rings is 10. The SMILES string of the molecule is c1ccc(C(c2ccc3c(c2)-c2cc4ccccc4c(-c4cccc5c4Cc4ccccc4-5)c2C3)c2ccc3c(c2)C(c2ccccc2)(c2ccccc2)c2ccccc2-3)cc1. The highest BCUT2D eigenvalue weighted by molar-refractivity contribution is 6.06. The molecule has 0 nitrogen and oxygen atoms in total. The van der Waals surface area contributed by atoms with Crippen LogP contribution in [0.1, 0.15) is 67.1 Å². The molecule has 0 heterocycles. The third-order valence-electron chi connectivity index (χ3n) is 14.4. The van der Waals surface area contributed by atoms with Crippen LogP contribution in [-0.2, 0) is 18.3 Å². The van der Waals surface area contributed by atoms with Crippen LogP contribution in [0.2, 0.25) is 0 Å². The van der Waals surface area contributed by atoms with Gasteiger partial charge in [0.2, 0.25) is 0 Å². The number of rotatable bonds is 6. The van der Waals surface area contributed by atoms with Gasteiger partial charge >= 0.3 is 0 Å². The summed E-state index contributed by atoms with van der Waals surface area (Å²) in [6, 6.07) is 84.7. The zero-order valence-corrected chi connectivity index (χ0v) is 34.4. The van der Waals surface area contributed by atoms with Gasteiger partial charge in [-0.2, -0.15) is 0 Å². The zero-order chi connectivity index (χ0) is 40.8. The van der Waals surface area contributed by atoms with Crippen molar-refractivity contribution in [3.8, 4) is 44.5 Å². The summed E-state index contributed by atoms with van der Waals surface area (Å²) in [5, 5.41) is 2.63. The van der Waals surface area contributed by atoms with Gasteiger partial charge in [0.05, 0.1) is 5.41 Å². The molecule has 0 radical (unpaired) electrons. The van der Waals surface area contributed by atoms with Crippen molar-refractivity contribution in [2.75, 3.05) is 0 Å². The molecular formula is C62H42. The summed E-state index contributed by atoms with van der Waals surface area (Å²) in [7, 11) is 0. The van der Waals surface area contributed by atoms with Gasteiger partial charge in [0.1, 0.15) is 0 Å². The van der Waals surface area contributed by atoms with Crippen LogP contribution in [0.25, 0.3) is 55.3 Å². The number of hydrogen-bond acceptors (Lipinski definition) is 0. The van der Waals surface area contributed by atoms with E-state index in [-0.39, 0.29) is 5.92 Å². The van der Waals surface area contributed by atoms with Crippen LogP contribution in [-0.4, -0.2) is 0 Å². The van der Waals surface area contributed by atoms with Crippen molar-refractivity contribution in [3.05, 3.63) is 286 Å². The molecule has 3 aliphatic rings. The van der Waals surface area contributed by atoms with Gasteiger partial charge in [0.25, 0.3) is 0 Å². The van der Waals surface area contributed by atoms with Crippen molar-refractivity contribution in [1.29, 1.82) is 0 Å². The Balaban J connectivity index is 1.01. The van der Waals surface area contributed by atoms with Gasteiger partial charge < -0.3 is 0 Å². The highest BCUT2D eigenvalue weighted by Gasteiger charge is 2.46. The van der Waals surface area contributed by atoms with Crippen molar-refractivity contribution in [2.45, 2.75) is 24.2 Å². The lowest BCUT2D eigenvalue weighted by atomic mass is 9.67. The minimum absolute atomic E-state index is 0.0274. The molecule has 0 bridgehead atoms. The van der Waals surface area contributed by atoms with Gasteiger partial charge in [-0.05, 0) is 141 Å². The van der Waals surface area contributed by atoms with Gasteiger partial charge in [-0.25, -0.2) is 0 Å². The first-order valence-electron chi connectivity index (χ1n) is 22.0. The Bertz CT molecular complexity index is 3350. The molecule has 13 rings (SSSR count). The van der Waals surface area contributed by atoms with Crippen LogP contribution in [0.4, 0.5) is 0 Å². The minimum atomic E-state index is -0.459. The Labute approximate surface area is 363 Å². The average molecular weight is 787 g/mol. The summed E-state index contributed by atoms with van der Waals surface area (Å²) >= 11 is 0. The lowest BCUT2D eigenvalue weighted by Gasteiger charge is -2.34. The van der Waals surface area contributed by atoms with E-state index in [1.165, 1.54) is 116 Å². The normalized spacial score (nSPS) is 14.1. The first kappa shape index (κ1) is 35.2. The Morgan fingerprint density at radius 2 is 0.903 bits per heavy atom. The first-order valence-corrected chi connectivity index (χ1v) is 22.0. The molecule has 0 aromatic heterocycles. The predicted molar refractivity (Wildman–Crippen MR) is 257 cm³/mol. The maximum atomic E-state index is 2.55. The van der Waals surface area contributed by atoms with E-state index in [9.17, 15) is 0 Å². The third-order valence-corrected chi connectivity index (χ3v) is 14.4. The minimum Gasteiger partial charge on any atom is -0.0622 e. The Morgan fingerprint density at radius 1 is 0.323 bits per heavy atom. The van der Waals surface area contributed by atoms with E-state index in [0.717, 1.165) is 12.8 Å². The fourth-order valence-corrected chi connectivity index (χ4v) is 11.7. The molecule has 0 spiro atoms. The van der Waals surface area contributed by atoms with Gasteiger partial charge in [0.15, 0.2) is 0 Å². The molecule has 0 saturated heterocycles. The second kappa shape index (κ2) is 13.7. The highest BCUT2D eigenvalue weighted by Crippen LogP contribution is 2.57. The number of fused-ring (bicyclic) bond motifs is 10. The molecule has 3 aliphatic carbocycles. The number of hydrogen-bond donors (Lipinski definition) is 0. The summed E-state index contributed by atoms with van der Waals surface area (Å²) < 4.78 is 0.